The Balaban J connectivity index is 2.42. The number of nitrogens with one attached hydrogen (secondary N) is 1. The van der Waals surface area contributed by atoms with E-state index in [0.717, 1.165) is 12.6 Å². The van der Waals surface area contributed by atoms with Gasteiger partial charge >= 0.3 is 0 Å². The molecule has 1 fully saturated rings. The zero-order valence-electron chi connectivity index (χ0n) is 9.56. The number of hydrogen-bond donors (Lipinski definition) is 1. The quantitative estimate of drug-likeness (QED) is 0.720. The first kappa shape index (κ1) is 11.0. The maximum Gasteiger partial charge on any atom is 0.0252 e. The topological polar surface area (TPSA) is 15.3 Å². The van der Waals surface area contributed by atoms with Crippen molar-refractivity contribution in [1.29, 1.82) is 0 Å². The molecule has 0 bridgehead atoms. The minimum atomic E-state index is 0.306. The van der Waals surface area contributed by atoms with E-state index in [-0.39, 0.29) is 0 Å². The Hall–Kier alpha value is -0.0800. The molecule has 1 unspecified atom stereocenters. The maximum absolute atomic E-state index is 3.54. The third-order valence-corrected chi connectivity index (χ3v) is 2.93. The standard InChI is InChI=1S/C11H24N2/c1-5-6-10(2)13-8-7-12-11(3,4)9-13/h10,12H,5-9H2,1-4H3. The highest BCUT2D eigenvalue weighted by molar-refractivity contribution is 4.88. The molecule has 1 heterocycles. The Morgan fingerprint density at radius 1 is 1.46 bits per heavy atom. The van der Waals surface area contributed by atoms with E-state index in [4.69, 9.17) is 0 Å². The lowest BCUT2D eigenvalue weighted by Crippen LogP contribution is -2.58. The molecule has 0 aliphatic carbocycles. The minimum absolute atomic E-state index is 0.306. The SMILES string of the molecule is CCCC(C)N1CCNC(C)(C)C1. The van der Waals surface area contributed by atoms with Crippen molar-refractivity contribution in [1.82, 2.24) is 10.2 Å². The van der Waals surface area contributed by atoms with Crippen molar-refractivity contribution in [2.24, 2.45) is 0 Å². The highest BCUT2D eigenvalue weighted by atomic mass is 15.2. The van der Waals surface area contributed by atoms with E-state index < -0.39 is 0 Å². The predicted octanol–water partition coefficient (Wildman–Crippen LogP) is 1.86. The molecule has 0 saturated carbocycles. The summed E-state index contributed by atoms with van der Waals surface area (Å²) in [5, 5.41) is 3.54. The summed E-state index contributed by atoms with van der Waals surface area (Å²) in [5.74, 6) is 0. The number of nitrogens with zero attached hydrogens (tertiary/aromatic N) is 1. The molecule has 0 aromatic rings. The molecule has 0 aromatic carbocycles. The maximum atomic E-state index is 3.54. The van der Waals surface area contributed by atoms with E-state index in [9.17, 15) is 0 Å². The average Bonchev–Trinajstić information content (AvgIpc) is 2.03. The van der Waals surface area contributed by atoms with Crippen LogP contribution in [0.1, 0.15) is 40.5 Å². The van der Waals surface area contributed by atoms with Crippen LogP contribution >= 0.6 is 0 Å². The molecule has 13 heavy (non-hydrogen) atoms. The lowest BCUT2D eigenvalue weighted by atomic mass is 10.00. The fraction of sp³-hybridized carbons (Fsp3) is 1.00. The molecule has 0 aromatic heterocycles. The summed E-state index contributed by atoms with van der Waals surface area (Å²) in [7, 11) is 0. The fourth-order valence-electron chi connectivity index (χ4n) is 2.16. The first-order chi connectivity index (χ1) is 6.05. The Morgan fingerprint density at radius 2 is 2.15 bits per heavy atom. The molecule has 78 valence electrons. The van der Waals surface area contributed by atoms with Gasteiger partial charge in [-0.2, -0.15) is 0 Å². The van der Waals surface area contributed by atoms with Gasteiger partial charge in [-0.15, -0.1) is 0 Å². The van der Waals surface area contributed by atoms with Crippen LogP contribution < -0.4 is 5.32 Å². The first-order valence-electron chi connectivity index (χ1n) is 5.54. The largest absolute Gasteiger partial charge is 0.309 e. The lowest BCUT2D eigenvalue weighted by molar-refractivity contribution is 0.112. The summed E-state index contributed by atoms with van der Waals surface area (Å²) in [4.78, 5) is 2.61. The average molecular weight is 184 g/mol. The minimum Gasteiger partial charge on any atom is -0.309 e. The molecule has 1 aliphatic heterocycles. The highest BCUT2D eigenvalue weighted by Crippen LogP contribution is 2.15. The van der Waals surface area contributed by atoms with E-state index >= 15 is 0 Å². The van der Waals surface area contributed by atoms with Crippen LogP contribution in [0.15, 0.2) is 0 Å². The Bertz CT molecular complexity index is 154. The number of hydrogen-bond acceptors (Lipinski definition) is 2. The summed E-state index contributed by atoms with van der Waals surface area (Å²) in [6.07, 6.45) is 2.63. The first-order valence-corrected chi connectivity index (χ1v) is 5.54. The van der Waals surface area contributed by atoms with E-state index in [2.05, 4.69) is 37.9 Å². The van der Waals surface area contributed by atoms with Crippen LogP contribution in [-0.2, 0) is 0 Å². The molecule has 0 amide bonds. The second-order valence-corrected chi connectivity index (χ2v) is 4.92. The zero-order chi connectivity index (χ0) is 9.90. The number of rotatable bonds is 3. The van der Waals surface area contributed by atoms with E-state index in [1.54, 1.807) is 0 Å². The second-order valence-electron chi connectivity index (χ2n) is 4.92. The van der Waals surface area contributed by atoms with Crippen molar-refractivity contribution < 1.29 is 0 Å². The molecule has 1 atom stereocenters. The molecular formula is C11H24N2. The van der Waals surface area contributed by atoms with Gasteiger partial charge in [-0.25, -0.2) is 0 Å². The van der Waals surface area contributed by atoms with Crippen molar-refractivity contribution >= 4 is 0 Å². The van der Waals surface area contributed by atoms with Crippen molar-refractivity contribution in [3.8, 4) is 0 Å². The van der Waals surface area contributed by atoms with Crippen molar-refractivity contribution in [3.05, 3.63) is 0 Å². The van der Waals surface area contributed by atoms with Crippen LogP contribution in [0.25, 0.3) is 0 Å². The van der Waals surface area contributed by atoms with Crippen molar-refractivity contribution in [2.45, 2.75) is 52.1 Å². The van der Waals surface area contributed by atoms with E-state index in [1.165, 1.54) is 25.9 Å². The predicted molar refractivity (Wildman–Crippen MR) is 58.0 cm³/mol. The normalized spacial score (nSPS) is 25.8. The fourth-order valence-corrected chi connectivity index (χ4v) is 2.16. The summed E-state index contributed by atoms with van der Waals surface area (Å²) >= 11 is 0. The van der Waals surface area contributed by atoms with Gasteiger partial charge in [0.2, 0.25) is 0 Å². The van der Waals surface area contributed by atoms with Gasteiger partial charge < -0.3 is 5.32 Å². The van der Waals surface area contributed by atoms with Crippen molar-refractivity contribution in [3.63, 3.8) is 0 Å². The van der Waals surface area contributed by atoms with Gasteiger partial charge in [0.15, 0.2) is 0 Å². The van der Waals surface area contributed by atoms with Crippen LogP contribution in [0.3, 0.4) is 0 Å². The Labute approximate surface area is 82.7 Å². The van der Waals surface area contributed by atoms with Gasteiger partial charge in [-0.3, -0.25) is 4.90 Å². The monoisotopic (exact) mass is 184 g/mol. The molecular weight excluding hydrogens is 160 g/mol. The lowest BCUT2D eigenvalue weighted by Gasteiger charge is -2.42. The molecule has 2 heteroatoms. The molecule has 1 saturated heterocycles. The summed E-state index contributed by atoms with van der Waals surface area (Å²) < 4.78 is 0. The van der Waals surface area contributed by atoms with E-state index in [1.807, 2.05) is 0 Å². The Morgan fingerprint density at radius 3 is 2.69 bits per heavy atom. The second kappa shape index (κ2) is 4.43. The summed E-state index contributed by atoms with van der Waals surface area (Å²) in [6.45, 7) is 12.7. The molecule has 1 rings (SSSR count). The molecule has 1 aliphatic rings. The summed E-state index contributed by atoms with van der Waals surface area (Å²) in [5.41, 5.74) is 0.306. The third-order valence-electron chi connectivity index (χ3n) is 2.93. The van der Waals surface area contributed by atoms with Crippen LogP contribution in [0, 0.1) is 0 Å². The van der Waals surface area contributed by atoms with Gasteiger partial charge in [0.05, 0.1) is 0 Å². The Kier molecular flexibility index (Phi) is 3.74. The summed E-state index contributed by atoms with van der Waals surface area (Å²) in [6, 6.07) is 0.756. The number of piperazine rings is 1. The molecule has 2 nitrogen and oxygen atoms in total. The molecule has 0 radical (unpaired) electrons. The van der Waals surface area contributed by atoms with Crippen LogP contribution in [0.5, 0.6) is 0 Å². The van der Waals surface area contributed by atoms with Gasteiger partial charge in [0.25, 0.3) is 0 Å². The van der Waals surface area contributed by atoms with Gasteiger partial charge in [-0.05, 0) is 27.2 Å². The van der Waals surface area contributed by atoms with Gasteiger partial charge in [0.1, 0.15) is 0 Å². The zero-order valence-corrected chi connectivity index (χ0v) is 9.56. The van der Waals surface area contributed by atoms with Gasteiger partial charge in [-0.1, -0.05) is 13.3 Å². The van der Waals surface area contributed by atoms with Crippen molar-refractivity contribution in [2.75, 3.05) is 19.6 Å². The highest BCUT2D eigenvalue weighted by Gasteiger charge is 2.27. The smallest absolute Gasteiger partial charge is 0.0252 e. The van der Waals surface area contributed by atoms with Crippen LogP contribution in [0.2, 0.25) is 0 Å². The van der Waals surface area contributed by atoms with Crippen LogP contribution in [0.4, 0.5) is 0 Å². The van der Waals surface area contributed by atoms with Crippen LogP contribution in [-0.4, -0.2) is 36.1 Å². The molecule has 1 N–H and O–H groups in total. The van der Waals surface area contributed by atoms with Gasteiger partial charge in [0, 0.05) is 31.2 Å². The van der Waals surface area contributed by atoms with E-state index in [0.29, 0.717) is 5.54 Å². The third kappa shape index (κ3) is 3.28. The molecule has 0 spiro atoms.